The van der Waals surface area contributed by atoms with Gasteiger partial charge in [0.05, 0.1) is 52.3 Å². The molecule has 0 aromatic carbocycles. The minimum absolute atomic E-state index is 0.0588. The fraction of sp³-hybridized carbons (Fsp3) is 0.882. The van der Waals surface area contributed by atoms with Crippen molar-refractivity contribution in [3.05, 3.63) is 0 Å². The van der Waals surface area contributed by atoms with Crippen molar-refractivity contribution in [2.24, 2.45) is 17.6 Å². The summed E-state index contributed by atoms with van der Waals surface area (Å²) in [4.78, 5) is 49.3. The van der Waals surface area contributed by atoms with Crippen molar-refractivity contribution in [1.82, 2.24) is 21.3 Å². The number of ether oxygens (including phenoxy) is 5. The molecule has 0 spiro atoms. The van der Waals surface area contributed by atoms with Gasteiger partial charge >= 0.3 is 0 Å². The Kier molecular flexibility index (Phi) is 20.2. The van der Waals surface area contributed by atoms with E-state index in [0.29, 0.717) is 38.3 Å². The van der Waals surface area contributed by atoms with E-state index in [2.05, 4.69) is 21.3 Å². The Morgan fingerprint density at radius 2 is 1.51 bits per heavy atom. The zero-order valence-corrected chi connectivity index (χ0v) is 29.9. The van der Waals surface area contributed by atoms with Gasteiger partial charge < -0.3 is 66.0 Å². The van der Waals surface area contributed by atoms with Crippen molar-refractivity contribution < 1.29 is 58.2 Å². The van der Waals surface area contributed by atoms with E-state index < -0.39 is 55.2 Å². The molecule has 1 saturated heterocycles. The van der Waals surface area contributed by atoms with Crippen LogP contribution in [-0.4, -0.2) is 148 Å². The molecule has 17 nitrogen and oxygen atoms in total. The van der Waals surface area contributed by atoms with E-state index in [1.165, 1.54) is 13.3 Å². The summed E-state index contributed by atoms with van der Waals surface area (Å²) in [6.07, 6.45) is 4.31. The monoisotopic (exact) mass is 731 g/mol. The van der Waals surface area contributed by atoms with Crippen LogP contribution in [-0.2, 0) is 42.9 Å². The molecule has 3 rings (SSSR count). The van der Waals surface area contributed by atoms with Crippen molar-refractivity contribution in [2.75, 3.05) is 65.9 Å². The maximum atomic E-state index is 12.9. The second-order valence-electron chi connectivity index (χ2n) is 13.6. The van der Waals surface area contributed by atoms with Crippen LogP contribution in [0.15, 0.2) is 0 Å². The van der Waals surface area contributed by atoms with Gasteiger partial charge in [-0.1, -0.05) is 19.3 Å². The molecule has 1 heterocycles. The van der Waals surface area contributed by atoms with Crippen molar-refractivity contribution in [1.29, 1.82) is 0 Å². The molecule has 3 aliphatic rings. The fourth-order valence-corrected chi connectivity index (χ4v) is 6.34. The molecule has 0 aromatic heterocycles. The van der Waals surface area contributed by atoms with Crippen LogP contribution in [0.5, 0.6) is 0 Å². The number of carbonyl (C=O) groups is 4. The van der Waals surface area contributed by atoms with Crippen LogP contribution in [0.1, 0.15) is 71.1 Å². The van der Waals surface area contributed by atoms with Crippen LogP contribution < -0.4 is 27.0 Å². The van der Waals surface area contributed by atoms with E-state index in [1.807, 2.05) is 0 Å². The first-order chi connectivity index (χ1) is 24.6. The van der Waals surface area contributed by atoms with Gasteiger partial charge in [-0.2, -0.15) is 0 Å². The number of unbranched alkanes of at least 4 members (excludes halogenated alkanes) is 1. The van der Waals surface area contributed by atoms with Crippen LogP contribution >= 0.6 is 0 Å². The zero-order chi connectivity index (χ0) is 37.0. The van der Waals surface area contributed by atoms with E-state index in [9.17, 15) is 34.5 Å². The second-order valence-corrected chi connectivity index (χ2v) is 13.6. The molecule has 7 atom stereocenters. The molecule has 9 N–H and O–H groups in total. The lowest BCUT2D eigenvalue weighted by molar-refractivity contribution is -0.272. The number of hydrogen-bond acceptors (Lipinski definition) is 13. The number of nitrogens with two attached hydrogens (primary N) is 1. The highest BCUT2D eigenvalue weighted by molar-refractivity contribution is 5.90. The number of hydrogen-bond donors (Lipinski definition) is 8. The first kappa shape index (κ1) is 42.9. The molecule has 17 heteroatoms. The molecular formula is C34H61N5O12. The van der Waals surface area contributed by atoms with Gasteiger partial charge in [0, 0.05) is 20.0 Å². The zero-order valence-electron chi connectivity index (χ0n) is 29.9. The third-order valence-electron chi connectivity index (χ3n) is 9.58. The largest absolute Gasteiger partial charge is 0.394 e. The van der Waals surface area contributed by atoms with Gasteiger partial charge in [0.25, 0.3) is 0 Å². The Morgan fingerprint density at radius 1 is 0.843 bits per heavy atom. The van der Waals surface area contributed by atoms with Gasteiger partial charge in [-0.05, 0) is 56.8 Å². The summed E-state index contributed by atoms with van der Waals surface area (Å²) in [7, 11) is 0. The van der Waals surface area contributed by atoms with Crippen molar-refractivity contribution >= 4 is 23.6 Å². The highest BCUT2D eigenvalue weighted by Gasteiger charge is 2.45. The molecule has 0 aromatic rings. The van der Waals surface area contributed by atoms with Crippen molar-refractivity contribution in [3.63, 3.8) is 0 Å². The topological polar surface area (TPSA) is 249 Å². The van der Waals surface area contributed by atoms with E-state index in [0.717, 1.165) is 38.5 Å². The standard InChI is InChI=1S/C34H61N5O12/c1-22(41)38-29-31(44)30(43)26(20-40)51-34(29)50-18-17-48-14-13-47-15-16-49-21-27(42)36-12-5-4-11-25(35)32(45)39-28(24-9-2-3-10-24)33(46)37-19-23-7-6-8-23/h23-26,28-31,34,40,43-44H,2-21,35H2,1H3,(H,36,42)(H,37,46)(H,38,41)(H,39,45)/t25?,26-,28?,29-,30+,31-,34-/m1/s1. The number of aliphatic hydroxyl groups excluding tert-OH is 3. The molecule has 294 valence electrons. The van der Waals surface area contributed by atoms with Crippen LogP contribution in [0.2, 0.25) is 0 Å². The van der Waals surface area contributed by atoms with Gasteiger partial charge in [0.1, 0.15) is 37.0 Å². The van der Waals surface area contributed by atoms with Crippen LogP contribution in [0, 0.1) is 11.8 Å². The van der Waals surface area contributed by atoms with Gasteiger partial charge in [-0.25, -0.2) is 0 Å². The summed E-state index contributed by atoms with van der Waals surface area (Å²) in [5.74, 6) is -0.424. The van der Waals surface area contributed by atoms with E-state index in [-0.39, 0.29) is 69.9 Å². The molecule has 1 aliphatic heterocycles. The minimum atomic E-state index is -1.38. The average molecular weight is 732 g/mol. The first-order valence-electron chi connectivity index (χ1n) is 18.5. The Bertz CT molecular complexity index is 1050. The number of aliphatic hydroxyl groups is 3. The fourth-order valence-electron chi connectivity index (χ4n) is 6.34. The van der Waals surface area contributed by atoms with Gasteiger partial charge in [-0.3, -0.25) is 19.2 Å². The number of amides is 4. The Hall–Kier alpha value is -2.48. The van der Waals surface area contributed by atoms with Gasteiger partial charge in [0.2, 0.25) is 23.6 Å². The van der Waals surface area contributed by atoms with Crippen LogP contribution in [0.25, 0.3) is 0 Å². The predicted molar refractivity (Wildman–Crippen MR) is 183 cm³/mol. The van der Waals surface area contributed by atoms with Crippen LogP contribution in [0.3, 0.4) is 0 Å². The maximum absolute atomic E-state index is 12.9. The molecule has 4 amide bonds. The molecular weight excluding hydrogens is 670 g/mol. The quantitative estimate of drug-likeness (QED) is 0.0484. The molecule has 3 fully saturated rings. The molecule has 0 radical (unpaired) electrons. The van der Waals surface area contributed by atoms with E-state index >= 15 is 0 Å². The summed E-state index contributed by atoms with van der Waals surface area (Å²) in [5, 5.41) is 40.9. The van der Waals surface area contributed by atoms with Crippen LogP contribution in [0.4, 0.5) is 0 Å². The third-order valence-corrected chi connectivity index (χ3v) is 9.58. The predicted octanol–water partition coefficient (Wildman–Crippen LogP) is -1.80. The first-order valence-corrected chi connectivity index (χ1v) is 18.5. The van der Waals surface area contributed by atoms with Crippen molar-refractivity contribution in [2.45, 2.75) is 114 Å². The number of rotatable bonds is 25. The average Bonchev–Trinajstić information content (AvgIpc) is 3.62. The normalized spacial score (nSPS) is 25.1. The summed E-state index contributed by atoms with van der Waals surface area (Å²) in [6, 6.07) is -2.28. The smallest absolute Gasteiger partial charge is 0.245 e. The lowest BCUT2D eigenvalue weighted by Crippen LogP contribution is -2.64. The molecule has 2 aliphatic carbocycles. The molecule has 2 saturated carbocycles. The van der Waals surface area contributed by atoms with Crippen molar-refractivity contribution in [3.8, 4) is 0 Å². The SMILES string of the molecule is CC(=O)N[C@H]1[C@H](OCCOCCOCCOCC(=O)NCCCCC(N)C(=O)NC(C(=O)NCC2CCC2)C2CCCC2)O[C@H](CO)[C@H](O)[C@@H]1O. The summed E-state index contributed by atoms with van der Waals surface area (Å²) < 4.78 is 27.3. The van der Waals surface area contributed by atoms with E-state index in [4.69, 9.17) is 29.4 Å². The second kappa shape index (κ2) is 24.0. The van der Waals surface area contributed by atoms with Gasteiger partial charge in [0.15, 0.2) is 6.29 Å². The summed E-state index contributed by atoms with van der Waals surface area (Å²) >= 11 is 0. The molecule has 0 bridgehead atoms. The minimum Gasteiger partial charge on any atom is -0.394 e. The number of nitrogens with one attached hydrogen (secondary N) is 4. The summed E-state index contributed by atoms with van der Waals surface area (Å²) in [5.41, 5.74) is 6.15. The molecule has 51 heavy (non-hydrogen) atoms. The maximum Gasteiger partial charge on any atom is 0.245 e. The lowest BCUT2D eigenvalue weighted by atomic mass is 9.85. The highest BCUT2D eigenvalue weighted by atomic mass is 16.7. The molecule has 2 unspecified atom stereocenters. The number of carbonyl (C=O) groups excluding carboxylic acids is 4. The highest BCUT2D eigenvalue weighted by Crippen LogP contribution is 2.29. The Labute approximate surface area is 300 Å². The third kappa shape index (κ3) is 15.6. The van der Waals surface area contributed by atoms with Gasteiger partial charge in [-0.15, -0.1) is 0 Å². The van der Waals surface area contributed by atoms with E-state index in [1.54, 1.807) is 0 Å². The summed E-state index contributed by atoms with van der Waals surface area (Å²) in [6.45, 7) is 2.93. The lowest BCUT2D eigenvalue weighted by Gasteiger charge is -2.42. The Morgan fingerprint density at radius 3 is 2.14 bits per heavy atom. The Balaban J connectivity index is 1.15.